The van der Waals surface area contributed by atoms with Gasteiger partial charge in [-0.15, -0.1) is 11.3 Å². The van der Waals surface area contributed by atoms with E-state index in [1.165, 1.54) is 11.3 Å². The second-order valence-electron chi connectivity index (χ2n) is 4.24. The summed E-state index contributed by atoms with van der Waals surface area (Å²) in [4.78, 5) is 16.2. The maximum absolute atomic E-state index is 12.0. The zero-order valence-electron chi connectivity index (χ0n) is 11.4. The second-order valence-corrected chi connectivity index (χ2v) is 5.30. The van der Waals surface area contributed by atoms with Crippen LogP contribution in [0.25, 0.3) is 0 Å². The lowest BCUT2D eigenvalue weighted by atomic mass is 10.1. The van der Waals surface area contributed by atoms with Gasteiger partial charge in [0.05, 0.1) is 11.6 Å². The van der Waals surface area contributed by atoms with E-state index in [0.717, 1.165) is 21.8 Å². The van der Waals surface area contributed by atoms with Crippen molar-refractivity contribution in [1.82, 2.24) is 4.98 Å². The van der Waals surface area contributed by atoms with E-state index < -0.39 is 0 Å². The van der Waals surface area contributed by atoms with Crippen LogP contribution >= 0.6 is 11.3 Å². The molecule has 0 aliphatic heterocycles. The molecule has 1 aromatic heterocycles. The number of anilines is 1. The number of rotatable bonds is 2. The van der Waals surface area contributed by atoms with Crippen molar-refractivity contribution in [2.45, 2.75) is 13.8 Å². The van der Waals surface area contributed by atoms with Crippen LogP contribution in [0.1, 0.15) is 26.6 Å². The quantitative estimate of drug-likeness (QED) is 0.832. The van der Waals surface area contributed by atoms with Crippen molar-refractivity contribution in [3.63, 3.8) is 0 Å². The Balaban J connectivity index is 2.16. The van der Waals surface area contributed by atoms with Gasteiger partial charge in [0.1, 0.15) is 5.69 Å². The van der Waals surface area contributed by atoms with Crippen LogP contribution in [0.4, 0.5) is 5.69 Å². The number of nitrogens with one attached hydrogen (secondary N) is 1. The van der Waals surface area contributed by atoms with Crippen molar-refractivity contribution < 1.29 is 4.79 Å². The predicted octanol–water partition coefficient (Wildman–Crippen LogP) is 2.32. The average Bonchev–Trinajstić information content (AvgIpc) is 2.86. The molecule has 0 bridgehead atoms. The maximum atomic E-state index is 12.0. The highest BCUT2D eigenvalue weighted by molar-refractivity contribution is 7.09. The molecule has 3 N–H and O–H groups in total. The molecule has 0 saturated carbocycles. The fraction of sp³-hybridized carbons (Fsp3) is 0.200. The Kier molecular flexibility index (Phi) is 4.51. The van der Waals surface area contributed by atoms with Gasteiger partial charge in [-0.3, -0.25) is 4.79 Å². The number of nitrogens with two attached hydrogens (primary N) is 1. The van der Waals surface area contributed by atoms with Gasteiger partial charge in [-0.1, -0.05) is 11.8 Å². The van der Waals surface area contributed by atoms with Crippen molar-refractivity contribution in [2.75, 3.05) is 11.9 Å². The van der Waals surface area contributed by atoms with Gasteiger partial charge in [-0.25, -0.2) is 4.98 Å². The molecule has 20 heavy (non-hydrogen) atoms. The van der Waals surface area contributed by atoms with Gasteiger partial charge in [0.25, 0.3) is 5.91 Å². The third-order valence-corrected chi connectivity index (χ3v) is 3.43. The summed E-state index contributed by atoms with van der Waals surface area (Å²) in [6.07, 6.45) is 0. The van der Waals surface area contributed by atoms with Gasteiger partial charge in [0, 0.05) is 16.6 Å². The lowest BCUT2D eigenvalue weighted by Gasteiger charge is -2.07. The third kappa shape index (κ3) is 3.44. The minimum Gasteiger partial charge on any atom is -0.320 e. The molecular weight excluding hydrogens is 270 g/mol. The number of aromatic nitrogens is 1. The van der Waals surface area contributed by atoms with Crippen molar-refractivity contribution in [2.24, 2.45) is 5.73 Å². The van der Waals surface area contributed by atoms with Gasteiger partial charge in [-0.05, 0) is 37.6 Å². The van der Waals surface area contributed by atoms with Crippen LogP contribution in [-0.4, -0.2) is 17.4 Å². The number of amides is 1. The van der Waals surface area contributed by atoms with E-state index in [1.807, 2.05) is 32.0 Å². The average molecular weight is 285 g/mol. The van der Waals surface area contributed by atoms with Crippen LogP contribution in [0.15, 0.2) is 23.6 Å². The molecule has 2 aromatic rings. The van der Waals surface area contributed by atoms with Gasteiger partial charge >= 0.3 is 0 Å². The summed E-state index contributed by atoms with van der Waals surface area (Å²) in [7, 11) is 0. The molecule has 1 aromatic carbocycles. The molecule has 5 heteroatoms. The van der Waals surface area contributed by atoms with Gasteiger partial charge < -0.3 is 11.1 Å². The number of thiazole rings is 1. The first-order valence-electron chi connectivity index (χ1n) is 6.13. The van der Waals surface area contributed by atoms with E-state index in [9.17, 15) is 4.79 Å². The molecule has 1 heterocycles. The normalized spacial score (nSPS) is 9.75. The van der Waals surface area contributed by atoms with Crippen LogP contribution in [0, 0.1) is 25.7 Å². The number of carbonyl (C=O) groups excluding carboxylic acids is 1. The van der Waals surface area contributed by atoms with E-state index in [0.29, 0.717) is 12.2 Å². The Morgan fingerprint density at radius 2 is 2.25 bits per heavy atom. The molecule has 4 nitrogen and oxygen atoms in total. The molecule has 0 radical (unpaired) electrons. The van der Waals surface area contributed by atoms with E-state index in [2.05, 4.69) is 22.1 Å². The first-order valence-corrected chi connectivity index (χ1v) is 7.01. The number of benzene rings is 1. The number of hydrogen-bond donors (Lipinski definition) is 2. The Bertz CT molecular complexity index is 695. The summed E-state index contributed by atoms with van der Waals surface area (Å²) >= 11 is 1.46. The second kappa shape index (κ2) is 6.33. The van der Waals surface area contributed by atoms with Gasteiger partial charge in [0.2, 0.25) is 0 Å². The number of nitrogens with zero attached hydrogens (tertiary/aromatic N) is 1. The highest BCUT2D eigenvalue weighted by atomic mass is 32.1. The fourth-order valence-electron chi connectivity index (χ4n) is 1.69. The Morgan fingerprint density at radius 3 is 2.85 bits per heavy atom. The van der Waals surface area contributed by atoms with Gasteiger partial charge in [0.15, 0.2) is 0 Å². The first-order chi connectivity index (χ1) is 9.60. The van der Waals surface area contributed by atoms with Crippen LogP contribution in [0.2, 0.25) is 0 Å². The van der Waals surface area contributed by atoms with Crippen molar-refractivity contribution in [3.05, 3.63) is 45.4 Å². The largest absolute Gasteiger partial charge is 0.320 e. The molecule has 0 fully saturated rings. The van der Waals surface area contributed by atoms with Crippen LogP contribution < -0.4 is 11.1 Å². The molecule has 0 aliphatic rings. The fourth-order valence-corrected chi connectivity index (χ4v) is 2.28. The predicted molar refractivity (Wildman–Crippen MR) is 81.9 cm³/mol. The SMILES string of the molecule is Cc1nc(C(=O)Nc2ccc(C#CCN)cc2C)cs1. The maximum Gasteiger partial charge on any atom is 0.275 e. The lowest BCUT2D eigenvalue weighted by molar-refractivity contribution is 0.102. The number of hydrogen-bond acceptors (Lipinski definition) is 4. The highest BCUT2D eigenvalue weighted by Gasteiger charge is 2.10. The highest BCUT2D eigenvalue weighted by Crippen LogP contribution is 2.17. The number of aryl methyl sites for hydroxylation is 2. The van der Waals surface area contributed by atoms with E-state index in [1.54, 1.807) is 5.38 Å². The van der Waals surface area contributed by atoms with Crippen molar-refractivity contribution in [3.8, 4) is 11.8 Å². The van der Waals surface area contributed by atoms with E-state index in [-0.39, 0.29) is 5.91 Å². The monoisotopic (exact) mass is 285 g/mol. The lowest BCUT2D eigenvalue weighted by Crippen LogP contribution is -2.13. The van der Waals surface area contributed by atoms with E-state index >= 15 is 0 Å². The number of carbonyl (C=O) groups is 1. The van der Waals surface area contributed by atoms with Crippen LogP contribution in [-0.2, 0) is 0 Å². The molecule has 0 atom stereocenters. The zero-order valence-corrected chi connectivity index (χ0v) is 12.2. The molecule has 2 rings (SSSR count). The summed E-state index contributed by atoms with van der Waals surface area (Å²) in [5.41, 5.74) is 8.38. The Morgan fingerprint density at radius 1 is 1.45 bits per heavy atom. The van der Waals surface area contributed by atoms with Crippen molar-refractivity contribution in [1.29, 1.82) is 0 Å². The minimum absolute atomic E-state index is 0.196. The Hall–Kier alpha value is -2.16. The van der Waals surface area contributed by atoms with Crippen molar-refractivity contribution >= 4 is 22.9 Å². The molecule has 0 aliphatic carbocycles. The van der Waals surface area contributed by atoms with Crippen LogP contribution in [0.5, 0.6) is 0 Å². The smallest absolute Gasteiger partial charge is 0.275 e. The Labute approximate surface area is 122 Å². The standard InChI is InChI=1S/C15H15N3OS/c1-10-8-12(4-3-7-16)5-6-13(10)18-15(19)14-9-20-11(2)17-14/h5-6,8-9H,7,16H2,1-2H3,(H,18,19). The van der Waals surface area contributed by atoms with Crippen LogP contribution in [0.3, 0.4) is 0 Å². The molecule has 0 saturated heterocycles. The summed E-state index contributed by atoms with van der Waals surface area (Å²) in [6, 6.07) is 5.62. The molecular formula is C15H15N3OS. The summed E-state index contributed by atoms with van der Waals surface area (Å²) < 4.78 is 0. The first kappa shape index (κ1) is 14.3. The summed E-state index contributed by atoms with van der Waals surface area (Å²) in [6.45, 7) is 4.13. The summed E-state index contributed by atoms with van der Waals surface area (Å²) in [5, 5.41) is 5.48. The van der Waals surface area contributed by atoms with Gasteiger partial charge in [-0.2, -0.15) is 0 Å². The molecule has 1 amide bonds. The molecule has 0 unspecified atom stereocenters. The summed E-state index contributed by atoms with van der Waals surface area (Å²) in [5.74, 6) is 5.57. The minimum atomic E-state index is -0.196. The molecule has 102 valence electrons. The third-order valence-electron chi connectivity index (χ3n) is 2.66. The topological polar surface area (TPSA) is 68.0 Å². The van der Waals surface area contributed by atoms with E-state index in [4.69, 9.17) is 5.73 Å². The molecule has 0 spiro atoms. The zero-order chi connectivity index (χ0) is 14.5.